The lowest BCUT2D eigenvalue weighted by atomic mass is 9.91. The number of aliphatic hydroxyl groups excluding tert-OH is 1. The Morgan fingerprint density at radius 3 is 2.48 bits per heavy atom. The van der Waals surface area contributed by atoms with Gasteiger partial charge in [-0.2, -0.15) is 0 Å². The van der Waals surface area contributed by atoms with Gasteiger partial charge in [0.15, 0.2) is 0 Å². The molecule has 5 heteroatoms. The van der Waals surface area contributed by atoms with Gasteiger partial charge < -0.3 is 15.3 Å². The van der Waals surface area contributed by atoms with E-state index in [0.717, 1.165) is 31.6 Å². The van der Waals surface area contributed by atoms with E-state index in [0.29, 0.717) is 19.5 Å². The van der Waals surface area contributed by atoms with Gasteiger partial charge in [0.05, 0.1) is 6.04 Å². The molecule has 0 aromatic heterocycles. The van der Waals surface area contributed by atoms with Crippen LogP contribution in [0, 0.1) is 17.8 Å². The Morgan fingerprint density at radius 2 is 1.83 bits per heavy atom. The van der Waals surface area contributed by atoms with Gasteiger partial charge in [-0.1, -0.05) is 25.7 Å². The first-order chi connectivity index (χ1) is 11.2. The molecule has 1 heterocycles. The summed E-state index contributed by atoms with van der Waals surface area (Å²) >= 11 is 0. The predicted octanol–water partition coefficient (Wildman–Crippen LogP) is 1.69. The zero-order valence-corrected chi connectivity index (χ0v) is 14.0. The summed E-state index contributed by atoms with van der Waals surface area (Å²) in [5.41, 5.74) is 0. The van der Waals surface area contributed by atoms with Crippen LogP contribution in [0.3, 0.4) is 0 Å². The second-order valence-electron chi connectivity index (χ2n) is 7.65. The minimum atomic E-state index is -0.0859. The lowest BCUT2D eigenvalue weighted by molar-refractivity contribution is -0.135. The molecule has 1 saturated heterocycles. The normalized spacial score (nSPS) is 28.8. The highest BCUT2D eigenvalue weighted by Gasteiger charge is 2.36. The van der Waals surface area contributed by atoms with E-state index in [1.807, 2.05) is 4.90 Å². The van der Waals surface area contributed by atoms with Crippen LogP contribution in [-0.4, -0.2) is 47.6 Å². The van der Waals surface area contributed by atoms with Crippen molar-refractivity contribution >= 4 is 11.8 Å². The van der Waals surface area contributed by atoms with Crippen molar-refractivity contribution in [2.24, 2.45) is 17.8 Å². The van der Waals surface area contributed by atoms with Gasteiger partial charge in [0, 0.05) is 38.0 Å². The van der Waals surface area contributed by atoms with Gasteiger partial charge in [0.1, 0.15) is 0 Å². The van der Waals surface area contributed by atoms with Crippen LogP contribution in [0.5, 0.6) is 0 Å². The Labute approximate surface area is 138 Å². The number of hydrogen-bond acceptors (Lipinski definition) is 3. The van der Waals surface area contributed by atoms with Crippen molar-refractivity contribution < 1.29 is 14.7 Å². The second kappa shape index (κ2) is 7.65. The van der Waals surface area contributed by atoms with Gasteiger partial charge in [0.25, 0.3) is 0 Å². The Kier molecular flexibility index (Phi) is 5.57. The summed E-state index contributed by atoms with van der Waals surface area (Å²) in [6, 6.07) is -0.0859. The van der Waals surface area contributed by atoms with E-state index in [2.05, 4.69) is 5.32 Å². The van der Waals surface area contributed by atoms with E-state index in [1.54, 1.807) is 0 Å². The number of nitrogens with zero attached hydrogens (tertiary/aromatic N) is 1. The van der Waals surface area contributed by atoms with Crippen LogP contribution in [0.25, 0.3) is 0 Å². The van der Waals surface area contributed by atoms with Crippen LogP contribution < -0.4 is 5.32 Å². The molecule has 2 atom stereocenters. The SMILES string of the molecule is O=C(N[C@@H]1CN(C(=O)CCC2CCCC2)CC[C@@H]1CO)C1CC1. The first-order valence-electron chi connectivity index (χ1n) is 9.36. The zero-order chi connectivity index (χ0) is 16.2. The number of piperidine rings is 1. The van der Waals surface area contributed by atoms with Crippen molar-refractivity contribution in [2.45, 2.75) is 63.8 Å². The van der Waals surface area contributed by atoms with Crippen molar-refractivity contribution in [3.8, 4) is 0 Å². The van der Waals surface area contributed by atoms with Crippen LogP contribution in [0.15, 0.2) is 0 Å². The molecule has 0 unspecified atom stereocenters. The van der Waals surface area contributed by atoms with E-state index in [1.165, 1.54) is 25.7 Å². The minimum absolute atomic E-state index is 0.0802. The summed E-state index contributed by atoms with van der Waals surface area (Å²) in [4.78, 5) is 26.4. The summed E-state index contributed by atoms with van der Waals surface area (Å²) in [5, 5.41) is 12.6. The van der Waals surface area contributed by atoms with Crippen LogP contribution in [0.2, 0.25) is 0 Å². The van der Waals surface area contributed by atoms with Gasteiger partial charge in [-0.25, -0.2) is 0 Å². The van der Waals surface area contributed by atoms with Gasteiger partial charge in [-0.15, -0.1) is 0 Å². The number of nitrogens with one attached hydrogen (secondary N) is 1. The molecule has 2 amide bonds. The Bertz CT molecular complexity index is 430. The highest BCUT2D eigenvalue weighted by atomic mass is 16.3. The third kappa shape index (κ3) is 4.46. The molecular weight excluding hydrogens is 292 g/mol. The first-order valence-corrected chi connectivity index (χ1v) is 9.36. The molecule has 0 spiro atoms. The van der Waals surface area contributed by atoms with E-state index in [-0.39, 0.29) is 36.3 Å². The zero-order valence-electron chi connectivity index (χ0n) is 14.0. The number of carbonyl (C=O) groups excluding carboxylic acids is 2. The van der Waals surface area contributed by atoms with Crippen LogP contribution >= 0.6 is 0 Å². The summed E-state index contributed by atoms with van der Waals surface area (Å²) in [6.07, 6.45) is 9.57. The van der Waals surface area contributed by atoms with Crippen molar-refractivity contribution in [3.05, 3.63) is 0 Å². The standard InChI is InChI=1S/C18H30N2O3/c21-12-15-9-10-20(11-16(15)19-18(23)14-6-7-14)17(22)8-5-13-3-1-2-4-13/h13-16,21H,1-12H2,(H,19,23)/t15-,16-/m1/s1. The highest BCUT2D eigenvalue weighted by molar-refractivity contribution is 5.81. The number of rotatable bonds is 6. The smallest absolute Gasteiger partial charge is 0.223 e. The van der Waals surface area contributed by atoms with Crippen LogP contribution in [-0.2, 0) is 9.59 Å². The quantitative estimate of drug-likeness (QED) is 0.782. The Morgan fingerprint density at radius 1 is 1.09 bits per heavy atom. The number of carbonyl (C=O) groups is 2. The molecule has 3 fully saturated rings. The highest BCUT2D eigenvalue weighted by Crippen LogP contribution is 2.30. The molecule has 2 aliphatic carbocycles. The molecular formula is C18H30N2O3. The van der Waals surface area contributed by atoms with Crippen LogP contribution in [0.1, 0.15) is 57.8 Å². The summed E-state index contributed by atoms with van der Waals surface area (Å²) in [6.45, 7) is 1.36. The maximum Gasteiger partial charge on any atom is 0.223 e. The largest absolute Gasteiger partial charge is 0.396 e. The Balaban J connectivity index is 1.48. The van der Waals surface area contributed by atoms with E-state index < -0.39 is 0 Å². The fourth-order valence-electron chi connectivity index (χ4n) is 4.04. The van der Waals surface area contributed by atoms with Gasteiger partial charge in [-0.3, -0.25) is 9.59 Å². The molecule has 0 radical (unpaired) electrons. The lowest BCUT2D eigenvalue weighted by Crippen LogP contribution is -2.55. The second-order valence-corrected chi connectivity index (χ2v) is 7.65. The van der Waals surface area contributed by atoms with E-state index >= 15 is 0 Å². The third-order valence-electron chi connectivity index (χ3n) is 5.86. The molecule has 0 aromatic rings. The predicted molar refractivity (Wildman–Crippen MR) is 87.6 cm³/mol. The molecule has 3 aliphatic rings. The molecule has 3 rings (SSSR count). The third-order valence-corrected chi connectivity index (χ3v) is 5.86. The maximum atomic E-state index is 12.5. The Hall–Kier alpha value is -1.10. The average Bonchev–Trinajstić information content (AvgIpc) is 3.29. The van der Waals surface area contributed by atoms with Crippen molar-refractivity contribution in [3.63, 3.8) is 0 Å². The molecule has 1 aliphatic heterocycles. The van der Waals surface area contributed by atoms with Gasteiger partial charge >= 0.3 is 0 Å². The number of amides is 2. The number of likely N-dealkylation sites (tertiary alicyclic amines) is 1. The van der Waals surface area contributed by atoms with E-state index in [9.17, 15) is 14.7 Å². The van der Waals surface area contributed by atoms with Crippen molar-refractivity contribution in [1.82, 2.24) is 10.2 Å². The fraction of sp³-hybridized carbons (Fsp3) is 0.889. The minimum Gasteiger partial charge on any atom is -0.396 e. The summed E-state index contributed by atoms with van der Waals surface area (Å²) in [7, 11) is 0. The van der Waals surface area contributed by atoms with Gasteiger partial charge in [0.2, 0.25) is 11.8 Å². The molecule has 23 heavy (non-hydrogen) atoms. The fourth-order valence-corrected chi connectivity index (χ4v) is 4.04. The summed E-state index contributed by atoms with van der Waals surface area (Å²) < 4.78 is 0. The maximum absolute atomic E-state index is 12.5. The van der Waals surface area contributed by atoms with Gasteiger partial charge in [-0.05, 0) is 31.6 Å². The molecule has 0 aromatic carbocycles. The molecule has 2 saturated carbocycles. The van der Waals surface area contributed by atoms with Crippen LogP contribution in [0.4, 0.5) is 0 Å². The average molecular weight is 322 g/mol. The molecule has 2 N–H and O–H groups in total. The van der Waals surface area contributed by atoms with Crippen molar-refractivity contribution in [1.29, 1.82) is 0 Å². The molecule has 0 bridgehead atoms. The molecule has 130 valence electrons. The first kappa shape index (κ1) is 16.7. The van der Waals surface area contributed by atoms with Crippen molar-refractivity contribution in [2.75, 3.05) is 19.7 Å². The lowest BCUT2D eigenvalue weighted by Gasteiger charge is -2.38. The number of hydrogen-bond donors (Lipinski definition) is 2. The monoisotopic (exact) mass is 322 g/mol. The molecule has 5 nitrogen and oxygen atoms in total. The topological polar surface area (TPSA) is 69.6 Å². The number of aliphatic hydroxyl groups is 1. The summed E-state index contributed by atoms with van der Waals surface area (Å²) in [5.74, 6) is 1.31. The van der Waals surface area contributed by atoms with E-state index in [4.69, 9.17) is 0 Å².